The smallest absolute Gasteiger partial charge is 0.0286 e. The van der Waals surface area contributed by atoms with Crippen LogP contribution < -0.4 is 5.32 Å². The Bertz CT molecular complexity index is 118. The van der Waals surface area contributed by atoms with Crippen molar-refractivity contribution >= 4 is 0 Å². The van der Waals surface area contributed by atoms with E-state index in [0.717, 1.165) is 12.5 Å². The van der Waals surface area contributed by atoms with E-state index in [1.54, 1.807) is 0 Å². The van der Waals surface area contributed by atoms with Crippen molar-refractivity contribution < 1.29 is 0 Å². The quantitative estimate of drug-likeness (QED) is 0.410. The summed E-state index contributed by atoms with van der Waals surface area (Å²) < 4.78 is 0. The minimum absolute atomic E-state index is 0.699. The molecular formula is C7H10N. The maximum atomic E-state index is 4.44. The van der Waals surface area contributed by atoms with Crippen LogP contribution in [0.1, 0.15) is 12.8 Å². The lowest BCUT2D eigenvalue weighted by atomic mass is 9.98. The highest BCUT2D eigenvalue weighted by Gasteiger charge is 2.24. The van der Waals surface area contributed by atoms with E-state index in [0.29, 0.717) is 6.04 Å². The van der Waals surface area contributed by atoms with Crippen molar-refractivity contribution in [3.63, 3.8) is 0 Å². The molecule has 2 rings (SSSR count). The molecule has 1 heteroatoms. The highest BCUT2D eigenvalue weighted by atomic mass is 14.9. The minimum Gasteiger partial charge on any atom is -0.238 e. The highest BCUT2D eigenvalue weighted by molar-refractivity contribution is 5.03. The molecular weight excluding hydrogens is 98.1 g/mol. The lowest BCUT2D eigenvalue weighted by Gasteiger charge is -2.08. The first kappa shape index (κ1) is 4.57. The van der Waals surface area contributed by atoms with Crippen LogP contribution in [0.4, 0.5) is 0 Å². The Morgan fingerprint density at radius 1 is 1.50 bits per heavy atom. The third kappa shape index (κ3) is 0.583. The van der Waals surface area contributed by atoms with Crippen LogP contribution in [0.2, 0.25) is 0 Å². The SMILES string of the molecule is C1=CC2C[N]C(C1)C2. The van der Waals surface area contributed by atoms with Gasteiger partial charge in [-0.15, -0.1) is 0 Å². The lowest BCUT2D eigenvalue weighted by molar-refractivity contribution is 0.581. The summed E-state index contributed by atoms with van der Waals surface area (Å²) in [6, 6.07) is 0.699. The number of rotatable bonds is 0. The zero-order chi connectivity index (χ0) is 5.40. The molecule has 0 aromatic carbocycles. The van der Waals surface area contributed by atoms with E-state index in [1.807, 2.05) is 0 Å². The van der Waals surface area contributed by atoms with Crippen molar-refractivity contribution in [2.24, 2.45) is 5.92 Å². The van der Waals surface area contributed by atoms with Crippen LogP contribution in [-0.4, -0.2) is 12.6 Å². The Morgan fingerprint density at radius 2 is 2.50 bits per heavy atom. The van der Waals surface area contributed by atoms with E-state index in [9.17, 15) is 0 Å². The van der Waals surface area contributed by atoms with E-state index in [4.69, 9.17) is 0 Å². The van der Waals surface area contributed by atoms with Crippen molar-refractivity contribution in [3.8, 4) is 0 Å². The summed E-state index contributed by atoms with van der Waals surface area (Å²) in [4.78, 5) is 0. The number of hydrogen-bond acceptors (Lipinski definition) is 0. The summed E-state index contributed by atoms with van der Waals surface area (Å²) in [5.41, 5.74) is 0. The molecule has 1 heterocycles. The summed E-state index contributed by atoms with van der Waals surface area (Å²) in [6.45, 7) is 1.10. The van der Waals surface area contributed by atoms with Gasteiger partial charge in [0.2, 0.25) is 0 Å². The molecule has 0 N–H and O–H groups in total. The van der Waals surface area contributed by atoms with Crippen molar-refractivity contribution in [1.29, 1.82) is 0 Å². The molecule has 1 aliphatic heterocycles. The summed E-state index contributed by atoms with van der Waals surface area (Å²) in [6.07, 6.45) is 7.12. The van der Waals surface area contributed by atoms with Crippen LogP contribution in [0.3, 0.4) is 0 Å². The molecule has 0 spiro atoms. The standard InChI is InChI=1S/C7H10N/c1-2-6-4-7(3-1)8-5-6/h1-2,6-7H,3-5H2. The number of fused-ring (bicyclic) bond motifs is 2. The molecule has 0 aromatic heterocycles. The fraction of sp³-hybridized carbons (Fsp3) is 0.714. The zero-order valence-electron chi connectivity index (χ0n) is 4.88. The maximum absolute atomic E-state index is 4.44. The second kappa shape index (κ2) is 1.59. The van der Waals surface area contributed by atoms with E-state index in [2.05, 4.69) is 17.5 Å². The van der Waals surface area contributed by atoms with E-state index < -0.39 is 0 Å². The Labute approximate surface area is 49.8 Å². The number of nitrogens with zero attached hydrogens (tertiary/aromatic N) is 1. The van der Waals surface area contributed by atoms with Gasteiger partial charge in [0.05, 0.1) is 0 Å². The second-order valence-electron chi connectivity index (χ2n) is 2.68. The number of hydrogen-bond donors (Lipinski definition) is 0. The first-order valence-electron chi connectivity index (χ1n) is 3.28. The fourth-order valence-corrected chi connectivity index (χ4v) is 1.52. The van der Waals surface area contributed by atoms with Gasteiger partial charge < -0.3 is 0 Å². The van der Waals surface area contributed by atoms with Crippen molar-refractivity contribution in [3.05, 3.63) is 12.2 Å². The summed E-state index contributed by atoms with van der Waals surface area (Å²) >= 11 is 0. The first-order valence-corrected chi connectivity index (χ1v) is 3.28. The molecule has 2 aliphatic rings. The lowest BCUT2D eigenvalue weighted by Crippen LogP contribution is -2.12. The average molecular weight is 108 g/mol. The van der Waals surface area contributed by atoms with Gasteiger partial charge in [0.1, 0.15) is 0 Å². The van der Waals surface area contributed by atoms with Crippen molar-refractivity contribution in [1.82, 2.24) is 5.32 Å². The van der Waals surface area contributed by atoms with Gasteiger partial charge in [0, 0.05) is 12.6 Å². The molecule has 1 nitrogen and oxygen atoms in total. The predicted octanol–water partition coefficient (Wildman–Crippen LogP) is 0.939. The monoisotopic (exact) mass is 108 g/mol. The molecule has 2 atom stereocenters. The van der Waals surface area contributed by atoms with Gasteiger partial charge in [-0.3, -0.25) is 0 Å². The van der Waals surface area contributed by atoms with E-state index in [-0.39, 0.29) is 0 Å². The minimum atomic E-state index is 0.699. The molecule has 2 bridgehead atoms. The van der Waals surface area contributed by atoms with Gasteiger partial charge in [-0.25, -0.2) is 5.32 Å². The van der Waals surface area contributed by atoms with Crippen LogP contribution >= 0.6 is 0 Å². The average Bonchev–Trinajstić information content (AvgIpc) is 2.12. The molecule has 1 aliphatic carbocycles. The van der Waals surface area contributed by atoms with Crippen LogP contribution in [-0.2, 0) is 0 Å². The third-order valence-corrected chi connectivity index (χ3v) is 1.99. The Morgan fingerprint density at radius 3 is 3.25 bits per heavy atom. The molecule has 0 saturated carbocycles. The summed E-state index contributed by atoms with van der Waals surface area (Å²) in [7, 11) is 0. The summed E-state index contributed by atoms with van der Waals surface area (Å²) in [5, 5.41) is 4.44. The molecule has 1 saturated heterocycles. The topological polar surface area (TPSA) is 14.1 Å². The van der Waals surface area contributed by atoms with Gasteiger partial charge in [-0.05, 0) is 18.8 Å². The van der Waals surface area contributed by atoms with Crippen LogP contribution in [0.5, 0.6) is 0 Å². The maximum Gasteiger partial charge on any atom is 0.0286 e. The van der Waals surface area contributed by atoms with Crippen LogP contribution in [0.15, 0.2) is 12.2 Å². The third-order valence-electron chi connectivity index (χ3n) is 1.99. The summed E-state index contributed by atoms with van der Waals surface area (Å²) in [5.74, 6) is 0.814. The van der Waals surface area contributed by atoms with Crippen LogP contribution in [0, 0.1) is 5.92 Å². The van der Waals surface area contributed by atoms with Crippen LogP contribution in [0.25, 0.3) is 0 Å². The van der Waals surface area contributed by atoms with Gasteiger partial charge in [-0.2, -0.15) is 0 Å². The largest absolute Gasteiger partial charge is 0.238 e. The van der Waals surface area contributed by atoms with Crippen molar-refractivity contribution in [2.45, 2.75) is 18.9 Å². The van der Waals surface area contributed by atoms with Crippen molar-refractivity contribution in [2.75, 3.05) is 6.54 Å². The Kier molecular flexibility index (Phi) is 0.908. The first-order chi connectivity index (χ1) is 3.95. The van der Waals surface area contributed by atoms with E-state index in [1.165, 1.54) is 12.8 Å². The zero-order valence-corrected chi connectivity index (χ0v) is 4.88. The second-order valence-corrected chi connectivity index (χ2v) is 2.68. The fourth-order valence-electron chi connectivity index (χ4n) is 1.52. The van der Waals surface area contributed by atoms with Gasteiger partial charge >= 0.3 is 0 Å². The molecule has 0 aromatic rings. The molecule has 8 heavy (non-hydrogen) atoms. The molecule has 43 valence electrons. The Hall–Kier alpha value is -0.300. The van der Waals surface area contributed by atoms with Gasteiger partial charge in [0.25, 0.3) is 0 Å². The van der Waals surface area contributed by atoms with Gasteiger partial charge in [-0.1, -0.05) is 12.2 Å². The molecule has 1 radical (unpaired) electrons. The molecule has 1 fully saturated rings. The van der Waals surface area contributed by atoms with Gasteiger partial charge in [0.15, 0.2) is 0 Å². The normalized spacial score (nSPS) is 43.0. The Balaban J connectivity index is 2.17. The molecule has 0 amide bonds. The molecule has 2 unspecified atom stereocenters. The predicted molar refractivity (Wildman–Crippen MR) is 32.7 cm³/mol. The highest BCUT2D eigenvalue weighted by Crippen LogP contribution is 2.23. The van der Waals surface area contributed by atoms with E-state index >= 15 is 0 Å².